The quantitative estimate of drug-likeness (QED) is 0.483. The Balaban J connectivity index is 4.74. The van der Waals surface area contributed by atoms with Crippen LogP contribution in [-0.4, -0.2) is 32.1 Å². The van der Waals surface area contributed by atoms with Crippen molar-refractivity contribution < 1.29 is 22.9 Å². The Labute approximate surface area is 63.1 Å². The molecule has 0 bridgehead atoms. The van der Waals surface area contributed by atoms with Crippen molar-refractivity contribution in [2.24, 2.45) is 0 Å². The topological polar surface area (TPSA) is 43.4 Å². The first-order valence-corrected chi connectivity index (χ1v) is 5.35. The Morgan fingerprint density at radius 3 is 1.91 bits per heavy atom. The second kappa shape index (κ2) is 2.89. The van der Waals surface area contributed by atoms with Gasteiger partial charge in [0.15, 0.2) is 7.14 Å². The zero-order valence-corrected chi connectivity index (χ0v) is 7.32. The van der Waals surface area contributed by atoms with Crippen LogP contribution in [0, 0.1) is 0 Å². The van der Waals surface area contributed by atoms with Crippen molar-refractivity contribution in [2.45, 2.75) is 5.66 Å². The summed E-state index contributed by atoms with van der Waals surface area (Å²) in [4.78, 5) is 10.3. The van der Waals surface area contributed by atoms with E-state index < -0.39 is 18.8 Å². The predicted octanol–water partition coefficient (Wildman–Crippen LogP) is 1.37. The SMILES string of the molecule is COC(=O)C(F)(F)P(C)(C)=O. The minimum Gasteiger partial charge on any atom is -0.464 e. The molecule has 0 N–H and O–H groups in total. The van der Waals surface area contributed by atoms with E-state index in [1.54, 1.807) is 0 Å². The number of hydrogen-bond acceptors (Lipinski definition) is 3. The molecule has 0 saturated heterocycles. The predicted molar refractivity (Wildman–Crippen MR) is 36.4 cm³/mol. The van der Waals surface area contributed by atoms with E-state index in [1.165, 1.54) is 0 Å². The van der Waals surface area contributed by atoms with E-state index in [0.29, 0.717) is 0 Å². The molecule has 0 rings (SSSR count). The van der Waals surface area contributed by atoms with Crippen molar-refractivity contribution >= 4 is 13.1 Å². The highest BCUT2D eigenvalue weighted by molar-refractivity contribution is 7.64. The Morgan fingerprint density at radius 1 is 1.45 bits per heavy atom. The van der Waals surface area contributed by atoms with Gasteiger partial charge in [-0.2, -0.15) is 8.78 Å². The molecule has 0 aromatic carbocycles. The van der Waals surface area contributed by atoms with Crippen LogP contribution in [0.1, 0.15) is 0 Å². The molecular weight excluding hydrogens is 177 g/mol. The first kappa shape index (κ1) is 10.6. The van der Waals surface area contributed by atoms with Gasteiger partial charge in [0, 0.05) is 0 Å². The molecular formula is C5H9F2O3P. The maximum absolute atomic E-state index is 12.6. The van der Waals surface area contributed by atoms with Gasteiger partial charge in [-0.25, -0.2) is 4.79 Å². The van der Waals surface area contributed by atoms with Gasteiger partial charge in [0.05, 0.1) is 7.11 Å². The molecule has 0 aliphatic heterocycles. The van der Waals surface area contributed by atoms with E-state index in [2.05, 4.69) is 4.74 Å². The number of hydrogen-bond donors (Lipinski definition) is 0. The molecule has 0 aliphatic carbocycles. The van der Waals surface area contributed by atoms with E-state index in [0.717, 1.165) is 20.4 Å². The zero-order valence-electron chi connectivity index (χ0n) is 6.43. The van der Waals surface area contributed by atoms with Crippen molar-refractivity contribution in [3.8, 4) is 0 Å². The molecule has 11 heavy (non-hydrogen) atoms. The number of carbonyl (C=O) groups excluding carboxylic acids is 1. The molecule has 0 aliphatic rings. The highest BCUT2D eigenvalue weighted by atomic mass is 31.2. The van der Waals surface area contributed by atoms with Crippen molar-refractivity contribution in [1.82, 2.24) is 0 Å². The largest absolute Gasteiger partial charge is 0.464 e. The van der Waals surface area contributed by atoms with Gasteiger partial charge in [-0.1, -0.05) is 0 Å². The molecule has 0 aromatic rings. The summed E-state index contributed by atoms with van der Waals surface area (Å²) in [5.74, 6) is -1.74. The minimum atomic E-state index is -3.86. The van der Waals surface area contributed by atoms with Gasteiger partial charge in [0.2, 0.25) is 0 Å². The normalized spacial score (nSPS) is 12.8. The van der Waals surface area contributed by atoms with Crippen molar-refractivity contribution in [1.29, 1.82) is 0 Å². The van der Waals surface area contributed by atoms with Gasteiger partial charge >= 0.3 is 11.6 Å². The zero-order chi connectivity index (χ0) is 9.28. The van der Waals surface area contributed by atoms with Gasteiger partial charge in [-0.3, -0.25) is 0 Å². The third kappa shape index (κ3) is 1.99. The number of esters is 1. The first-order valence-electron chi connectivity index (χ1n) is 2.75. The van der Waals surface area contributed by atoms with Gasteiger partial charge in [0.1, 0.15) is 0 Å². The van der Waals surface area contributed by atoms with Crippen LogP contribution >= 0.6 is 7.14 Å². The number of rotatable bonds is 2. The first-order chi connectivity index (χ1) is 4.73. The van der Waals surface area contributed by atoms with Crippen LogP contribution in [-0.2, 0) is 14.1 Å². The summed E-state index contributed by atoms with van der Waals surface area (Å²) in [6, 6.07) is 0. The summed E-state index contributed by atoms with van der Waals surface area (Å²) >= 11 is 0. The fourth-order valence-corrected chi connectivity index (χ4v) is 0.874. The summed E-state index contributed by atoms with van der Waals surface area (Å²) in [5.41, 5.74) is -3.86. The lowest BCUT2D eigenvalue weighted by Gasteiger charge is -2.17. The Morgan fingerprint density at radius 2 is 1.82 bits per heavy atom. The summed E-state index contributed by atoms with van der Waals surface area (Å²) in [5, 5.41) is 0. The molecule has 0 heterocycles. The molecule has 0 saturated carbocycles. The average Bonchev–Trinajstić information content (AvgIpc) is 1.83. The maximum atomic E-state index is 12.6. The molecule has 0 amide bonds. The van der Waals surface area contributed by atoms with Crippen LogP contribution in [0.2, 0.25) is 0 Å². The second-order valence-electron chi connectivity index (χ2n) is 2.38. The fourth-order valence-electron chi connectivity index (χ4n) is 0.343. The van der Waals surface area contributed by atoms with Crippen molar-refractivity contribution in [3.63, 3.8) is 0 Å². The van der Waals surface area contributed by atoms with Crippen molar-refractivity contribution in [2.75, 3.05) is 20.4 Å². The van der Waals surface area contributed by atoms with Crippen LogP contribution in [0.3, 0.4) is 0 Å². The van der Waals surface area contributed by atoms with E-state index in [1.807, 2.05) is 0 Å². The van der Waals surface area contributed by atoms with Crippen molar-refractivity contribution in [3.05, 3.63) is 0 Å². The molecule has 66 valence electrons. The summed E-state index contributed by atoms with van der Waals surface area (Å²) in [7, 11) is -2.92. The van der Waals surface area contributed by atoms with Gasteiger partial charge in [0.25, 0.3) is 0 Å². The Kier molecular flexibility index (Phi) is 2.78. The molecule has 6 heteroatoms. The lowest BCUT2D eigenvalue weighted by molar-refractivity contribution is -0.157. The van der Waals surface area contributed by atoms with Gasteiger partial charge < -0.3 is 9.30 Å². The Hall–Kier alpha value is -0.440. The average molecular weight is 186 g/mol. The summed E-state index contributed by atoms with van der Waals surface area (Å²) < 4.78 is 39.7. The molecule has 3 nitrogen and oxygen atoms in total. The van der Waals surface area contributed by atoms with Crippen LogP contribution in [0.25, 0.3) is 0 Å². The van der Waals surface area contributed by atoms with Crippen LogP contribution in [0.4, 0.5) is 8.78 Å². The third-order valence-corrected chi connectivity index (χ3v) is 2.64. The van der Waals surface area contributed by atoms with Gasteiger partial charge in [-0.05, 0) is 13.3 Å². The maximum Gasteiger partial charge on any atom is 0.391 e. The number of alkyl halides is 2. The number of halogens is 2. The lowest BCUT2D eigenvalue weighted by atomic mass is 10.7. The smallest absolute Gasteiger partial charge is 0.391 e. The Bertz CT molecular complexity index is 208. The highest BCUT2D eigenvalue weighted by Gasteiger charge is 2.51. The fraction of sp³-hybridized carbons (Fsp3) is 0.800. The number of methoxy groups -OCH3 is 1. The summed E-state index contributed by atoms with van der Waals surface area (Å²) in [6.07, 6.45) is 0. The second-order valence-corrected chi connectivity index (χ2v) is 5.65. The third-order valence-electron chi connectivity index (χ3n) is 1.11. The monoisotopic (exact) mass is 186 g/mol. The molecule has 0 unspecified atom stereocenters. The van der Waals surface area contributed by atoms with E-state index >= 15 is 0 Å². The summed E-state index contributed by atoms with van der Waals surface area (Å²) in [6.45, 7) is 1.67. The standard InChI is InChI=1S/C5H9F2O3P/c1-10-4(8)5(6,7)11(2,3)9/h1-3H3. The number of carbonyl (C=O) groups is 1. The molecule has 0 fully saturated rings. The van der Waals surface area contributed by atoms with E-state index in [9.17, 15) is 18.1 Å². The molecule has 0 radical (unpaired) electrons. The van der Waals surface area contributed by atoms with E-state index in [4.69, 9.17) is 0 Å². The van der Waals surface area contributed by atoms with E-state index in [-0.39, 0.29) is 0 Å². The minimum absolute atomic E-state index is 0.825. The molecule has 0 aromatic heterocycles. The van der Waals surface area contributed by atoms with Gasteiger partial charge in [-0.15, -0.1) is 0 Å². The highest BCUT2D eigenvalue weighted by Crippen LogP contribution is 2.54. The van der Waals surface area contributed by atoms with Crippen LogP contribution in [0.5, 0.6) is 0 Å². The van der Waals surface area contributed by atoms with Crippen LogP contribution in [0.15, 0.2) is 0 Å². The lowest BCUT2D eigenvalue weighted by Crippen LogP contribution is -2.29. The van der Waals surface area contributed by atoms with Crippen LogP contribution < -0.4 is 0 Å². The molecule has 0 spiro atoms. The molecule has 0 atom stereocenters. The number of ether oxygens (including phenoxy) is 1.